The van der Waals surface area contributed by atoms with Gasteiger partial charge in [0, 0.05) is 45.6 Å². The van der Waals surface area contributed by atoms with Gasteiger partial charge in [-0.3, -0.25) is 9.69 Å². The average Bonchev–Trinajstić information content (AvgIpc) is 3.50. The Labute approximate surface area is 185 Å². The van der Waals surface area contributed by atoms with E-state index in [1.54, 1.807) is 11.3 Å². The quantitative estimate of drug-likeness (QED) is 0.456. The van der Waals surface area contributed by atoms with Crippen molar-refractivity contribution < 1.29 is 9.32 Å². The summed E-state index contributed by atoms with van der Waals surface area (Å²) in [6.45, 7) is 4.20. The maximum atomic E-state index is 12.7. The van der Waals surface area contributed by atoms with Crippen molar-refractivity contribution in [3.8, 4) is 10.7 Å². The third-order valence-electron chi connectivity index (χ3n) is 5.76. The van der Waals surface area contributed by atoms with Crippen molar-refractivity contribution in [2.24, 2.45) is 0 Å². The molecule has 0 N–H and O–H groups in total. The van der Waals surface area contributed by atoms with Gasteiger partial charge < -0.3 is 9.42 Å². The Hall–Kier alpha value is -3.03. The number of carbonyl (C=O) groups is 1. The highest BCUT2D eigenvalue weighted by molar-refractivity contribution is 7.13. The summed E-state index contributed by atoms with van der Waals surface area (Å²) in [5, 5.41) is 8.58. The molecule has 0 atom stereocenters. The Bertz CT molecular complexity index is 1160. The Kier molecular flexibility index (Phi) is 5.78. The molecule has 1 saturated heterocycles. The van der Waals surface area contributed by atoms with Crippen LogP contribution in [0, 0.1) is 0 Å². The fraction of sp³-hybridized carbons (Fsp3) is 0.292. The van der Waals surface area contributed by atoms with E-state index in [1.165, 1.54) is 16.3 Å². The molecule has 0 bridgehead atoms. The van der Waals surface area contributed by atoms with Gasteiger partial charge in [-0.05, 0) is 27.8 Å². The molecule has 1 aliphatic rings. The number of aromatic nitrogens is 2. The lowest BCUT2D eigenvalue weighted by Gasteiger charge is -2.35. The van der Waals surface area contributed by atoms with E-state index in [0.29, 0.717) is 24.6 Å². The van der Waals surface area contributed by atoms with E-state index in [2.05, 4.69) is 57.5 Å². The maximum absolute atomic E-state index is 12.7. The molecule has 31 heavy (non-hydrogen) atoms. The van der Waals surface area contributed by atoms with Gasteiger partial charge >= 0.3 is 0 Å². The third kappa shape index (κ3) is 4.52. The third-order valence-corrected chi connectivity index (χ3v) is 6.63. The summed E-state index contributed by atoms with van der Waals surface area (Å²) in [7, 11) is 0. The monoisotopic (exact) mass is 432 g/mol. The van der Waals surface area contributed by atoms with Crippen LogP contribution in [-0.4, -0.2) is 52.0 Å². The van der Waals surface area contributed by atoms with Gasteiger partial charge in [-0.2, -0.15) is 4.98 Å². The summed E-state index contributed by atoms with van der Waals surface area (Å²) in [6, 6.07) is 18.9. The molecule has 0 radical (unpaired) electrons. The zero-order valence-corrected chi connectivity index (χ0v) is 18.1. The summed E-state index contributed by atoms with van der Waals surface area (Å²) < 4.78 is 5.31. The first kappa shape index (κ1) is 19.9. The number of aryl methyl sites for hydroxylation is 1. The molecule has 0 unspecified atom stereocenters. The summed E-state index contributed by atoms with van der Waals surface area (Å²) >= 11 is 1.57. The van der Waals surface area contributed by atoms with E-state index in [9.17, 15) is 4.79 Å². The molecule has 0 spiro atoms. The predicted octanol–water partition coefficient (Wildman–Crippen LogP) is 4.23. The maximum Gasteiger partial charge on any atom is 0.227 e. The Balaban J connectivity index is 1.12. The number of benzene rings is 2. The minimum atomic E-state index is 0.153. The molecule has 1 fully saturated rings. The van der Waals surface area contributed by atoms with Crippen LogP contribution < -0.4 is 0 Å². The normalized spacial score (nSPS) is 14.9. The largest absolute Gasteiger partial charge is 0.340 e. The van der Waals surface area contributed by atoms with Crippen LogP contribution in [0.15, 0.2) is 64.5 Å². The van der Waals surface area contributed by atoms with Crippen molar-refractivity contribution in [1.29, 1.82) is 0 Å². The highest BCUT2D eigenvalue weighted by Crippen LogP contribution is 2.22. The van der Waals surface area contributed by atoms with Crippen LogP contribution in [0.1, 0.15) is 17.9 Å². The second-order valence-corrected chi connectivity index (χ2v) is 8.73. The summed E-state index contributed by atoms with van der Waals surface area (Å²) in [6.07, 6.45) is 0.878. The smallest absolute Gasteiger partial charge is 0.227 e. The highest BCUT2D eigenvalue weighted by Gasteiger charge is 2.22. The average molecular weight is 433 g/mol. The van der Waals surface area contributed by atoms with Gasteiger partial charge in [0.1, 0.15) is 0 Å². The van der Waals surface area contributed by atoms with E-state index in [0.717, 1.165) is 37.6 Å². The van der Waals surface area contributed by atoms with Crippen molar-refractivity contribution in [3.05, 3.63) is 71.4 Å². The molecule has 1 aliphatic heterocycles. The number of thiophene rings is 1. The van der Waals surface area contributed by atoms with Crippen molar-refractivity contribution in [2.75, 3.05) is 26.2 Å². The van der Waals surface area contributed by atoms with Crippen LogP contribution in [0.25, 0.3) is 21.5 Å². The second kappa shape index (κ2) is 8.99. The van der Waals surface area contributed by atoms with Crippen molar-refractivity contribution >= 4 is 28.0 Å². The lowest BCUT2D eigenvalue weighted by atomic mass is 10.0. The van der Waals surface area contributed by atoms with E-state index in [-0.39, 0.29) is 5.91 Å². The molecule has 158 valence electrons. The molecule has 3 heterocycles. The number of rotatable bonds is 6. The standard InChI is InChI=1S/C24H24N4O2S/c29-23(11-10-22-25-24(26-30-22)21-9-4-16-31-21)28-14-12-27(13-15-28)17-19-7-3-6-18-5-1-2-8-20(18)19/h1-9,16H,10-15,17H2. The van der Waals surface area contributed by atoms with Crippen LogP contribution >= 0.6 is 11.3 Å². The second-order valence-electron chi connectivity index (χ2n) is 7.78. The zero-order chi connectivity index (χ0) is 21.0. The van der Waals surface area contributed by atoms with E-state index in [4.69, 9.17) is 4.52 Å². The molecule has 1 amide bonds. The molecule has 4 aromatic rings. The summed E-state index contributed by atoms with van der Waals surface area (Å²) in [4.78, 5) is 22.4. The van der Waals surface area contributed by atoms with Gasteiger partial charge in [0.2, 0.25) is 17.6 Å². The number of carbonyl (C=O) groups excluding carboxylic acids is 1. The van der Waals surface area contributed by atoms with Gasteiger partial charge in [-0.1, -0.05) is 53.7 Å². The molecule has 2 aromatic carbocycles. The van der Waals surface area contributed by atoms with E-state index >= 15 is 0 Å². The van der Waals surface area contributed by atoms with Crippen molar-refractivity contribution in [2.45, 2.75) is 19.4 Å². The number of fused-ring (bicyclic) bond motifs is 1. The first-order valence-electron chi connectivity index (χ1n) is 10.6. The van der Waals surface area contributed by atoms with Gasteiger partial charge in [-0.15, -0.1) is 11.3 Å². The van der Waals surface area contributed by atoms with Crippen molar-refractivity contribution in [3.63, 3.8) is 0 Å². The van der Waals surface area contributed by atoms with Crippen LogP contribution in [0.3, 0.4) is 0 Å². The number of hydrogen-bond acceptors (Lipinski definition) is 6. The van der Waals surface area contributed by atoms with Crippen LogP contribution in [0.4, 0.5) is 0 Å². The number of hydrogen-bond donors (Lipinski definition) is 0. The molecular formula is C24H24N4O2S. The minimum absolute atomic E-state index is 0.153. The first-order valence-corrected chi connectivity index (χ1v) is 11.5. The van der Waals surface area contributed by atoms with Gasteiger partial charge in [0.15, 0.2) is 0 Å². The first-order chi connectivity index (χ1) is 15.3. The molecule has 0 saturated carbocycles. The van der Waals surface area contributed by atoms with Gasteiger partial charge in [-0.25, -0.2) is 0 Å². The lowest BCUT2D eigenvalue weighted by Crippen LogP contribution is -2.48. The zero-order valence-electron chi connectivity index (χ0n) is 17.2. The molecule has 6 nitrogen and oxygen atoms in total. The number of amides is 1. The molecule has 0 aliphatic carbocycles. The highest BCUT2D eigenvalue weighted by atomic mass is 32.1. The SMILES string of the molecule is O=C(CCc1nc(-c2cccs2)no1)N1CCN(Cc2cccc3ccccc23)CC1. The van der Waals surface area contributed by atoms with Crippen LogP contribution in [0.5, 0.6) is 0 Å². The fourth-order valence-corrected chi connectivity index (χ4v) is 4.71. The summed E-state index contributed by atoms with van der Waals surface area (Å²) in [5.41, 5.74) is 1.34. The van der Waals surface area contributed by atoms with E-state index in [1.807, 2.05) is 22.4 Å². The number of nitrogens with zero attached hydrogens (tertiary/aromatic N) is 4. The predicted molar refractivity (Wildman–Crippen MR) is 122 cm³/mol. The minimum Gasteiger partial charge on any atom is -0.340 e. The van der Waals surface area contributed by atoms with Gasteiger partial charge in [0.05, 0.1) is 4.88 Å². The summed E-state index contributed by atoms with van der Waals surface area (Å²) in [5.74, 6) is 1.27. The lowest BCUT2D eigenvalue weighted by molar-refractivity contribution is -0.133. The molecule has 7 heteroatoms. The molecule has 2 aromatic heterocycles. The van der Waals surface area contributed by atoms with Crippen molar-refractivity contribution in [1.82, 2.24) is 19.9 Å². The van der Waals surface area contributed by atoms with E-state index < -0.39 is 0 Å². The van der Waals surface area contributed by atoms with Crippen LogP contribution in [-0.2, 0) is 17.8 Å². The Morgan fingerprint density at radius 3 is 2.68 bits per heavy atom. The van der Waals surface area contributed by atoms with Gasteiger partial charge in [0.25, 0.3) is 0 Å². The topological polar surface area (TPSA) is 62.5 Å². The molecule has 5 rings (SSSR count). The number of piperazine rings is 1. The Morgan fingerprint density at radius 1 is 1.00 bits per heavy atom. The Morgan fingerprint density at radius 2 is 1.84 bits per heavy atom. The molecular weight excluding hydrogens is 408 g/mol. The fourth-order valence-electron chi connectivity index (χ4n) is 4.06. The van der Waals surface area contributed by atoms with Crippen LogP contribution in [0.2, 0.25) is 0 Å².